The van der Waals surface area contributed by atoms with Crippen molar-refractivity contribution >= 4 is 11.7 Å². The molecule has 2 aromatic rings. The number of rotatable bonds is 5. The van der Waals surface area contributed by atoms with E-state index in [0.717, 1.165) is 18.7 Å². The van der Waals surface area contributed by atoms with Crippen molar-refractivity contribution in [2.45, 2.75) is 18.9 Å². The molecule has 0 radical (unpaired) electrons. The highest BCUT2D eigenvalue weighted by Gasteiger charge is 2.25. The van der Waals surface area contributed by atoms with Gasteiger partial charge in [0.15, 0.2) is 0 Å². The van der Waals surface area contributed by atoms with Gasteiger partial charge < -0.3 is 19.7 Å². The van der Waals surface area contributed by atoms with E-state index in [1.165, 1.54) is 0 Å². The molecule has 1 aliphatic rings. The number of nitrogens with zero attached hydrogens (tertiary/aromatic N) is 2. The fourth-order valence-corrected chi connectivity index (χ4v) is 3.03. The highest BCUT2D eigenvalue weighted by molar-refractivity contribution is 5.97. The second-order valence-electron chi connectivity index (χ2n) is 5.99. The van der Waals surface area contributed by atoms with Gasteiger partial charge >= 0.3 is 0 Å². The Bertz CT molecular complexity index is 713. The van der Waals surface area contributed by atoms with Gasteiger partial charge in [-0.15, -0.1) is 0 Å². The van der Waals surface area contributed by atoms with E-state index in [1.54, 1.807) is 38.6 Å². The number of pyridine rings is 1. The Labute approximate surface area is 147 Å². The van der Waals surface area contributed by atoms with Gasteiger partial charge in [0.2, 0.25) is 0 Å². The molecule has 1 aliphatic heterocycles. The van der Waals surface area contributed by atoms with Crippen LogP contribution >= 0.6 is 0 Å². The number of piperidine rings is 1. The van der Waals surface area contributed by atoms with Crippen LogP contribution in [0.25, 0.3) is 0 Å². The number of hydrogen-bond donors (Lipinski definition) is 1. The normalized spacial score (nSPS) is 14.9. The number of benzene rings is 1. The van der Waals surface area contributed by atoms with E-state index in [2.05, 4.69) is 10.3 Å². The minimum absolute atomic E-state index is 0.00390. The molecule has 132 valence electrons. The monoisotopic (exact) mass is 341 g/mol. The predicted octanol–water partition coefficient (Wildman–Crippen LogP) is 2.82. The fraction of sp³-hybridized carbons (Fsp3) is 0.368. The Morgan fingerprint density at radius 3 is 2.60 bits per heavy atom. The van der Waals surface area contributed by atoms with Crippen molar-refractivity contribution in [3.05, 3.63) is 48.2 Å². The first kappa shape index (κ1) is 17.1. The highest BCUT2D eigenvalue weighted by Crippen LogP contribution is 2.27. The van der Waals surface area contributed by atoms with Crippen molar-refractivity contribution in [3.8, 4) is 11.5 Å². The number of ether oxygens (including phenoxy) is 2. The number of aromatic nitrogens is 1. The molecule has 1 saturated heterocycles. The largest absolute Gasteiger partial charge is 0.497 e. The van der Waals surface area contributed by atoms with E-state index >= 15 is 0 Å². The lowest BCUT2D eigenvalue weighted by molar-refractivity contribution is 0.0715. The molecule has 2 heterocycles. The zero-order valence-electron chi connectivity index (χ0n) is 14.6. The van der Waals surface area contributed by atoms with E-state index in [0.29, 0.717) is 36.2 Å². The van der Waals surface area contributed by atoms with Crippen LogP contribution in [0.5, 0.6) is 11.5 Å². The highest BCUT2D eigenvalue weighted by atomic mass is 16.5. The predicted molar refractivity (Wildman–Crippen MR) is 96.3 cm³/mol. The van der Waals surface area contributed by atoms with Crippen LogP contribution in [-0.2, 0) is 0 Å². The van der Waals surface area contributed by atoms with Crippen LogP contribution in [-0.4, -0.2) is 49.1 Å². The van der Waals surface area contributed by atoms with Crippen LogP contribution in [0.1, 0.15) is 23.2 Å². The lowest BCUT2D eigenvalue weighted by atomic mass is 10.0. The van der Waals surface area contributed by atoms with Crippen LogP contribution in [0.15, 0.2) is 42.6 Å². The summed E-state index contributed by atoms with van der Waals surface area (Å²) < 4.78 is 10.5. The summed E-state index contributed by atoms with van der Waals surface area (Å²) in [6, 6.07) is 11.4. The number of carbonyl (C=O) groups excluding carboxylic acids is 1. The van der Waals surface area contributed by atoms with Gasteiger partial charge in [-0.05, 0) is 37.1 Å². The van der Waals surface area contributed by atoms with Crippen LogP contribution in [0, 0.1) is 0 Å². The molecule has 3 rings (SSSR count). The minimum atomic E-state index is -0.00390. The molecule has 0 bridgehead atoms. The maximum atomic E-state index is 12.8. The molecule has 0 saturated carbocycles. The summed E-state index contributed by atoms with van der Waals surface area (Å²) in [6.45, 7) is 1.41. The lowest BCUT2D eigenvalue weighted by Crippen LogP contribution is -2.42. The minimum Gasteiger partial charge on any atom is -0.497 e. The summed E-state index contributed by atoms with van der Waals surface area (Å²) in [4.78, 5) is 19.0. The van der Waals surface area contributed by atoms with Crippen molar-refractivity contribution in [2.75, 3.05) is 32.6 Å². The molecule has 0 aliphatic carbocycles. The summed E-state index contributed by atoms with van der Waals surface area (Å²) in [5, 5.41) is 3.43. The van der Waals surface area contributed by atoms with Crippen LogP contribution in [0.2, 0.25) is 0 Å². The maximum absolute atomic E-state index is 12.8. The quantitative estimate of drug-likeness (QED) is 0.906. The first-order chi connectivity index (χ1) is 12.2. The van der Waals surface area contributed by atoms with Gasteiger partial charge in [0.05, 0.1) is 19.8 Å². The third-order valence-electron chi connectivity index (χ3n) is 4.44. The number of likely N-dealkylation sites (tertiary alicyclic amines) is 1. The Hall–Kier alpha value is -2.76. The zero-order chi connectivity index (χ0) is 17.6. The van der Waals surface area contributed by atoms with Crippen molar-refractivity contribution in [3.63, 3.8) is 0 Å². The van der Waals surface area contributed by atoms with Crippen molar-refractivity contribution in [2.24, 2.45) is 0 Å². The second kappa shape index (κ2) is 7.88. The average molecular weight is 341 g/mol. The molecular weight excluding hydrogens is 318 g/mol. The standard InChI is InChI=1S/C19H23N3O3/c1-24-15-6-7-16(17(13-15)25-2)19(23)22-11-8-14(9-12-22)21-18-5-3-4-10-20-18/h3-7,10,13-14H,8-9,11-12H2,1-2H3,(H,20,21). The number of hydrogen-bond acceptors (Lipinski definition) is 5. The number of carbonyl (C=O) groups is 1. The Morgan fingerprint density at radius 1 is 1.16 bits per heavy atom. The molecule has 1 fully saturated rings. The molecule has 1 aromatic carbocycles. The van der Waals surface area contributed by atoms with Crippen LogP contribution < -0.4 is 14.8 Å². The van der Waals surface area contributed by atoms with E-state index in [4.69, 9.17) is 9.47 Å². The maximum Gasteiger partial charge on any atom is 0.257 e. The number of methoxy groups -OCH3 is 2. The molecule has 0 atom stereocenters. The third kappa shape index (κ3) is 4.02. The lowest BCUT2D eigenvalue weighted by Gasteiger charge is -2.33. The Kier molecular flexibility index (Phi) is 5.38. The summed E-state index contributed by atoms with van der Waals surface area (Å²) in [5.41, 5.74) is 0.569. The smallest absolute Gasteiger partial charge is 0.257 e. The first-order valence-corrected chi connectivity index (χ1v) is 8.40. The molecular formula is C19H23N3O3. The topological polar surface area (TPSA) is 63.7 Å². The van der Waals surface area contributed by atoms with Crippen LogP contribution in [0.4, 0.5) is 5.82 Å². The summed E-state index contributed by atoms with van der Waals surface area (Å²) in [5.74, 6) is 2.09. The summed E-state index contributed by atoms with van der Waals surface area (Å²) in [7, 11) is 3.16. The van der Waals surface area contributed by atoms with Gasteiger partial charge in [0.1, 0.15) is 17.3 Å². The van der Waals surface area contributed by atoms with E-state index in [9.17, 15) is 4.79 Å². The Balaban J connectivity index is 1.62. The molecule has 6 heteroatoms. The molecule has 25 heavy (non-hydrogen) atoms. The van der Waals surface area contributed by atoms with Crippen molar-refractivity contribution < 1.29 is 14.3 Å². The van der Waals surface area contributed by atoms with E-state index in [1.807, 2.05) is 23.1 Å². The number of anilines is 1. The molecule has 0 unspecified atom stereocenters. The summed E-state index contributed by atoms with van der Waals surface area (Å²) in [6.07, 6.45) is 3.55. The SMILES string of the molecule is COc1ccc(C(=O)N2CCC(Nc3ccccn3)CC2)c(OC)c1. The molecule has 1 amide bonds. The molecule has 1 N–H and O–H groups in total. The molecule has 6 nitrogen and oxygen atoms in total. The van der Waals surface area contributed by atoms with Gasteiger partial charge in [-0.1, -0.05) is 6.07 Å². The first-order valence-electron chi connectivity index (χ1n) is 8.40. The van der Waals surface area contributed by atoms with Gasteiger partial charge in [-0.25, -0.2) is 4.98 Å². The second-order valence-corrected chi connectivity index (χ2v) is 5.99. The average Bonchev–Trinajstić information content (AvgIpc) is 2.68. The zero-order valence-corrected chi connectivity index (χ0v) is 14.6. The third-order valence-corrected chi connectivity index (χ3v) is 4.44. The summed E-state index contributed by atoms with van der Waals surface area (Å²) >= 11 is 0. The molecule has 0 spiro atoms. The van der Waals surface area contributed by atoms with Gasteiger partial charge in [0.25, 0.3) is 5.91 Å². The van der Waals surface area contributed by atoms with Crippen molar-refractivity contribution in [1.29, 1.82) is 0 Å². The van der Waals surface area contributed by atoms with E-state index in [-0.39, 0.29) is 5.91 Å². The fourth-order valence-electron chi connectivity index (χ4n) is 3.03. The van der Waals surface area contributed by atoms with Gasteiger partial charge in [-0.3, -0.25) is 4.79 Å². The number of amides is 1. The van der Waals surface area contributed by atoms with Gasteiger partial charge in [-0.2, -0.15) is 0 Å². The Morgan fingerprint density at radius 2 is 1.96 bits per heavy atom. The van der Waals surface area contributed by atoms with E-state index < -0.39 is 0 Å². The van der Waals surface area contributed by atoms with Gasteiger partial charge in [0, 0.05) is 31.4 Å². The van der Waals surface area contributed by atoms with Crippen molar-refractivity contribution in [1.82, 2.24) is 9.88 Å². The molecule has 1 aromatic heterocycles. The number of nitrogens with one attached hydrogen (secondary N) is 1. The van der Waals surface area contributed by atoms with Crippen LogP contribution in [0.3, 0.4) is 0 Å².